The molecule has 2 atom stereocenters. The molecular weight excluding hydrogens is 434 g/mol. The third-order valence-corrected chi connectivity index (χ3v) is 11.1. The van der Waals surface area contributed by atoms with E-state index < -0.39 is 14.4 Å². The smallest absolute Gasteiger partial charge is 0.407 e. The lowest BCUT2D eigenvalue weighted by Gasteiger charge is -2.33. The van der Waals surface area contributed by atoms with E-state index in [1.165, 1.54) is 0 Å². The highest BCUT2D eigenvalue weighted by Gasteiger charge is 2.33. The van der Waals surface area contributed by atoms with Crippen LogP contribution >= 0.6 is 0 Å². The number of nitrogens with zero attached hydrogens (tertiary/aromatic N) is 1. The Morgan fingerprint density at radius 2 is 1.94 bits per heavy atom. The van der Waals surface area contributed by atoms with Crippen molar-refractivity contribution in [3.63, 3.8) is 0 Å². The molecule has 2 aromatic heterocycles. The van der Waals surface area contributed by atoms with Gasteiger partial charge in [0.1, 0.15) is 11.9 Å². The molecule has 0 aliphatic heterocycles. The van der Waals surface area contributed by atoms with Crippen molar-refractivity contribution in [3.8, 4) is 5.75 Å². The van der Waals surface area contributed by atoms with Crippen LogP contribution in [0.5, 0.6) is 5.75 Å². The summed E-state index contributed by atoms with van der Waals surface area (Å²) >= 11 is 0. The van der Waals surface area contributed by atoms with Gasteiger partial charge in [-0.15, -0.1) is 0 Å². The Kier molecular flexibility index (Phi) is 8.52. The lowest BCUT2D eigenvalue weighted by atomic mass is 10.1. The Morgan fingerprint density at radius 3 is 2.61 bits per heavy atom. The van der Waals surface area contributed by atoms with Crippen LogP contribution in [0.2, 0.25) is 18.1 Å². The fourth-order valence-electron chi connectivity index (χ4n) is 4.21. The van der Waals surface area contributed by atoms with E-state index in [2.05, 4.69) is 36.1 Å². The van der Waals surface area contributed by atoms with Crippen molar-refractivity contribution in [2.45, 2.75) is 64.5 Å². The molecule has 8 heteroatoms. The van der Waals surface area contributed by atoms with Gasteiger partial charge in [-0.1, -0.05) is 39.0 Å². The number of phenolic OH excluding ortho intramolecular Hbond substituents is 1. The van der Waals surface area contributed by atoms with Crippen molar-refractivity contribution in [2.24, 2.45) is 0 Å². The van der Waals surface area contributed by atoms with Crippen LogP contribution in [0.25, 0.3) is 10.9 Å². The number of aromatic nitrogens is 2. The quantitative estimate of drug-likeness (QED) is 0.314. The summed E-state index contributed by atoms with van der Waals surface area (Å²) in [5, 5.41) is 13.8. The first-order valence-corrected chi connectivity index (χ1v) is 14.2. The molecule has 1 amide bonds. The number of pyridine rings is 1. The number of fused-ring (bicyclic) bond motifs is 1. The van der Waals surface area contributed by atoms with Crippen molar-refractivity contribution in [3.05, 3.63) is 60.0 Å². The zero-order chi connectivity index (χ0) is 23.8. The lowest BCUT2D eigenvalue weighted by molar-refractivity contribution is 0.100. The third-order valence-electron chi connectivity index (χ3n) is 6.41. The first-order valence-electron chi connectivity index (χ1n) is 11.7. The predicted molar refractivity (Wildman–Crippen MR) is 133 cm³/mol. The molecule has 3 aromatic rings. The number of carbonyl (C=O) groups excluding carboxylic acids is 1. The molecule has 178 valence electrons. The van der Waals surface area contributed by atoms with E-state index >= 15 is 0 Å². The number of hydrogen-bond acceptors (Lipinski definition) is 5. The fourth-order valence-corrected chi connectivity index (χ4v) is 7.04. The molecule has 0 fully saturated rings. The third kappa shape index (κ3) is 6.14. The Hall–Kier alpha value is -2.84. The van der Waals surface area contributed by atoms with Crippen LogP contribution in [0.15, 0.2) is 48.9 Å². The minimum absolute atomic E-state index is 0.206. The normalized spacial score (nSPS) is 13.6. The summed E-state index contributed by atoms with van der Waals surface area (Å²) in [5.41, 5.74) is 2.63. The van der Waals surface area contributed by atoms with E-state index in [4.69, 9.17) is 9.16 Å². The van der Waals surface area contributed by atoms with Crippen LogP contribution in [0.1, 0.15) is 44.9 Å². The number of benzene rings is 1. The second kappa shape index (κ2) is 11.3. The Morgan fingerprint density at radius 1 is 1.18 bits per heavy atom. The highest BCUT2D eigenvalue weighted by Crippen LogP contribution is 2.30. The highest BCUT2D eigenvalue weighted by molar-refractivity contribution is 6.73. The number of aromatic amines is 1. The maximum absolute atomic E-state index is 12.6. The molecule has 0 saturated heterocycles. The number of ether oxygens (including phenoxy) is 1. The molecule has 0 radical (unpaired) electrons. The van der Waals surface area contributed by atoms with E-state index in [1.807, 2.05) is 31.3 Å². The molecule has 0 unspecified atom stereocenters. The van der Waals surface area contributed by atoms with Gasteiger partial charge < -0.3 is 24.6 Å². The van der Waals surface area contributed by atoms with Crippen LogP contribution in [0, 0.1) is 0 Å². The van der Waals surface area contributed by atoms with Gasteiger partial charge >= 0.3 is 6.09 Å². The van der Waals surface area contributed by atoms with Crippen LogP contribution in [0.3, 0.4) is 0 Å². The first kappa shape index (κ1) is 24.8. The molecular formula is C25H35N3O4Si. The molecule has 0 aliphatic rings. The highest BCUT2D eigenvalue weighted by atomic mass is 28.4. The minimum Gasteiger partial charge on any atom is -0.506 e. The molecule has 0 aliphatic carbocycles. The average Bonchev–Trinajstić information content (AvgIpc) is 3.24. The van der Waals surface area contributed by atoms with Crippen molar-refractivity contribution in [1.29, 1.82) is 0 Å². The van der Waals surface area contributed by atoms with Crippen LogP contribution in [-0.2, 0) is 15.6 Å². The SMILES string of the molecule is CC[Si](CC)(CC)O[C@@H](CNC(=O)O[C@H](C)Cc1c[nH]c2c(O)cccc12)c1cccnc1. The zero-order valence-electron chi connectivity index (χ0n) is 19.9. The van der Waals surface area contributed by atoms with E-state index in [0.717, 1.165) is 34.6 Å². The van der Waals surface area contributed by atoms with Crippen molar-refractivity contribution < 1.29 is 19.1 Å². The number of aromatic hydroxyl groups is 1. The van der Waals surface area contributed by atoms with Gasteiger partial charge in [0.2, 0.25) is 0 Å². The fraction of sp³-hybridized carbons (Fsp3) is 0.440. The second-order valence-electron chi connectivity index (χ2n) is 8.45. The van der Waals surface area contributed by atoms with Gasteiger partial charge in [-0.25, -0.2) is 4.79 Å². The predicted octanol–water partition coefficient (Wildman–Crippen LogP) is 5.69. The van der Waals surface area contributed by atoms with Gasteiger partial charge in [-0.05, 0) is 48.3 Å². The summed E-state index contributed by atoms with van der Waals surface area (Å²) in [6.45, 7) is 8.75. The summed E-state index contributed by atoms with van der Waals surface area (Å²) in [6, 6.07) is 12.3. The number of carbonyl (C=O) groups is 1. The lowest BCUT2D eigenvalue weighted by Crippen LogP contribution is -2.41. The molecule has 33 heavy (non-hydrogen) atoms. The second-order valence-corrected chi connectivity index (χ2v) is 13.2. The Bertz CT molecular complexity index is 1030. The van der Waals surface area contributed by atoms with Crippen LogP contribution in [0.4, 0.5) is 4.79 Å². The van der Waals surface area contributed by atoms with Crippen molar-refractivity contribution in [2.75, 3.05) is 6.54 Å². The van der Waals surface area contributed by atoms with Crippen molar-refractivity contribution >= 4 is 25.3 Å². The number of rotatable bonds is 11. The summed E-state index contributed by atoms with van der Waals surface area (Å²) in [5.74, 6) is 0.206. The average molecular weight is 470 g/mol. The number of nitrogens with one attached hydrogen (secondary N) is 2. The number of para-hydroxylation sites is 1. The van der Waals surface area contributed by atoms with Crippen LogP contribution < -0.4 is 5.32 Å². The Balaban J connectivity index is 1.61. The topological polar surface area (TPSA) is 96.5 Å². The Labute approximate surface area is 196 Å². The van der Waals surface area contributed by atoms with Gasteiger partial charge in [0.25, 0.3) is 0 Å². The van der Waals surface area contributed by atoms with Gasteiger partial charge in [-0.2, -0.15) is 0 Å². The monoisotopic (exact) mass is 469 g/mol. The molecule has 2 heterocycles. The number of amides is 1. The molecule has 7 nitrogen and oxygen atoms in total. The van der Waals surface area contributed by atoms with Crippen LogP contribution in [-0.4, -0.2) is 42.1 Å². The van der Waals surface area contributed by atoms with Crippen molar-refractivity contribution in [1.82, 2.24) is 15.3 Å². The number of phenols is 1. The maximum atomic E-state index is 12.6. The number of hydrogen-bond donors (Lipinski definition) is 3. The minimum atomic E-state index is -1.89. The number of H-pyrrole nitrogens is 1. The first-order chi connectivity index (χ1) is 15.9. The summed E-state index contributed by atoms with van der Waals surface area (Å²) < 4.78 is 12.3. The van der Waals surface area contributed by atoms with E-state index in [0.29, 0.717) is 18.5 Å². The largest absolute Gasteiger partial charge is 0.506 e. The van der Waals surface area contributed by atoms with E-state index in [-0.39, 0.29) is 18.0 Å². The molecule has 3 N–H and O–H groups in total. The molecule has 0 saturated carbocycles. The molecule has 0 spiro atoms. The summed E-state index contributed by atoms with van der Waals surface area (Å²) in [4.78, 5) is 19.9. The van der Waals surface area contributed by atoms with Gasteiger partial charge in [0, 0.05) is 30.4 Å². The van der Waals surface area contributed by atoms with E-state index in [1.54, 1.807) is 24.5 Å². The van der Waals surface area contributed by atoms with Gasteiger partial charge in [0.05, 0.1) is 18.2 Å². The summed E-state index contributed by atoms with van der Waals surface area (Å²) in [6.07, 6.45) is 4.85. The number of alkyl carbamates (subject to hydrolysis) is 1. The molecule has 3 rings (SSSR count). The van der Waals surface area contributed by atoms with Gasteiger partial charge in [0.15, 0.2) is 8.32 Å². The molecule has 1 aromatic carbocycles. The molecule has 0 bridgehead atoms. The standard InChI is InChI=1S/C25H35N3O4Si/c1-5-33(6-2,7-3)32-23(19-10-9-13-26-15-19)17-28-25(30)31-18(4)14-20-16-27-24-21(20)11-8-12-22(24)29/h8-13,15-16,18,23,27,29H,5-7,14,17H2,1-4H3,(H,28,30)/t18-,23+/m1/s1. The van der Waals surface area contributed by atoms with Gasteiger partial charge in [-0.3, -0.25) is 4.98 Å². The van der Waals surface area contributed by atoms with E-state index in [9.17, 15) is 9.90 Å². The summed E-state index contributed by atoms with van der Waals surface area (Å²) in [7, 11) is -1.89. The zero-order valence-corrected chi connectivity index (χ0v) is 20.9. The maximum Gasteiger partial charge on any atom is 0.407 e.